The molecule has 1 aromatic rings. The first-order chi connectivity index (χ1) is 8.36. The molecule has 0 aliphatic heterocycles. The van der Waals surface area contributed by atoms with E-state index in [2.05, 4.69) is 22.3 Å². The largest absolute Gasteiger partial charge is 0.271 e. The van der Waals surface area contributed by atoms with Gasteiger partial charge in [-0.05, 0) is 24.3 Å². The van der Waals surface area contributed by atoms with Crippen LogP contribution in [0.25, 0.3) is 0 Å². The maximum Gasteiger partial charge on any atom is 0.115 e. The Morgan fingerprint density at radius 2 is 2.29 bits per heavy atom. The fraction of sp³-hybridized carbons (Fsp3) is 0.692. The van der Waals surface area contributed by atoms with Gasteiger partial charge in [0.15, 0.2) is 0 Å². The maximum atomic E-state index is 5.74. The van der Waals surface area contributed by atoms with Gasteiger partial charge in [0.05, 0.1) is 11.7 Å². The third kappa shape index (κ3) is 2.82. The Hall–Kier alpha value is -1.00. The second kappa shape index (κ2) is 6.07. The molecule has 3 N–H and O–H groups in total. The van der Waals surface area contributed by atoms with Crippen LogP contribution in [0.1, 0.15) is 50.8 Å². The fourth-order valence-electron chi connectivity index (χ4n) is 3.10. The first-order valence-corrected chi connectivity index (χ1v) is 6.58. The number of nitrogens with zero attached hydrogens (tertiary/aromatic N) is 2. The molecule has 94 valence electrons. The van der Waals surface area contributed by atoms with Gasteiger partial charge in [0.25, 0.3) is 0 Å². The van der Waals surface area contributed by atoms with Crippen molar-refractivity contribution in [2.24, 2.45) is 17.7 Å². The predicted molar refractivity (Wildman–Crippen MR) is 67.8 cm³/mol. The smallest absolute Gasteiger partial charge is 0.115 e. The molecule has 4 nitrogen and oxygen atoms in total. The molecule has 0 aromatic carbocycles. The average Bonchev–Trinajstić information content (AvgIpc) is 2.41. The van der Waals surface area contributed by atoms with Gasteiger partial charge in [0, 0.05) is 6.20 Å². The molecule has 1 fully saturated rings. The molecule has 17 heavy (non-hydrogen) atoms. The van der Waals surface area contributed by atoms with Crippen molar-refractivity contribution in [3.05, 3.63) is 24.3 Å². The van der Waals surface area contributed by atoms with Crippen molar-refractivity contribution < 1.29 is 0 Å². The SMILES string of the molecule is CCC1CCCCC1C(NN)c1ccncn1. The monoisotopic (exact) mass is 234 g/mol. The summed E-state index contributed by atoms with van der Waals surface area (Å²) < 4.78 is 0. The van der Waals surface area contributed by atoms with Gasteiger partial charge < -0.3 is 0 Å². The highest BCUT2D eigenvalue weighted by molar-refractivity contribution is 5.07. The topological polar surface area (TPSA) is 63.8 Å². The van der Waals surface area contributed by atoms with Crippen LogP contribution in [-0.2, 0) is 0 Å². The summed E-state index contributed by atoms with van der Waals surface area (Å²) in [6.45, 7) is 2.27. The molecule has 0 spiro atoms. The van der Waals surface area contributed by atoms with E-state index >= 15 is 0 Å². The zero-order valence-corrected chi connectivity index (χ0v) is 10.5. The number of hydrazine groups is 1. The lowest BCUT2D eigenvalue weighted by Gasteiger charge is -2.36. The van der Waals surface area contributed by atoms with E-state index in [0.29, 0.717) is 5.92 Å². The Labute approximate surface area is 103 Å². The number of rotatable bonds is 4. The van der Waals surface area contributed by atoms with Crippen LogP contribution in [0.3, 0.4) is 0 Å². The van der Waals surface area contributed by atoms with Crippen molar-refractivity contribution in [2.75, 3.05) is 0 Å². The average molecular weight is 234 g/mol. The number of aromatic nitrogens is 2. The standard InChI is InChI=1S/C13H22N4/c1-2-10-5-3-4-6-11(10)13(17-14)12-7-8-15-9-16-12/h7-11,13,17H,2-6,14H2,1H3. The summed E-state index contributed by atoms with van der Waals surface area (Å²) in [5.41, 5.74) is 3.98. The minimum Gasteiger partial charge on any atom is -0.271 e. The van der Waals surface area contributed by atoms with Gasteiger partial charge in [-0.15, -0.1) is 0 Å². The van der Waals surface area contributed by atoms with Crippen LogP contribution in [0.15, 0.2) is 18.6 Å². The van der Waals surface area contributed by atoms with Gasteiger partial charge in [-0.25, -0.2) is 9.97 Å². The van der Waals surface area contributed by atoms with Gasteiger partial charge in [-0.3, -0.25) is 11.3 Å². The molecule has 1 heterocycles. The van der Waals surface area contributed by atoms with Gasteiger partial charge >= 0.3 is 0 Å². The van der Waals surface area contributed by atoms with Gasteiger partial charge in [0.1, 0.15) is 6.33 Å². The second-order valence-corrected chi connectivity index (χ2v) is 4.90. The highest BCUT2D eigenvalue weighted by Crippen LogP contribution is 2.39. The minimum absolute atomic E-state index is 0.170. The molecule has 0 bridgehead atoms. The quantitative estimate of drug-likeness (QED) is 0.619. The van der Waals surface area contributed by atoms with Crippen LogP contribution in [0, 0.1) is 11.8 Å². The highest BCUT2D eigenvalue weighted by Gasteiger charge is 2.31. The lowest BCUT2D eigenvalue weighted by molar-refractivity contribution is 0.173. The third-order valence-electron chi connectivity index (χ3n) is 4.02. The highest BCUT2D eigenvalue weighted by atomic mass is 15.2. The zero-order valence-electron chi connectivity index (χ0n) is 10.5. The van der Waals surface area contributed by atoms with Gasteiger partial charge in [0.2, 0.25) is 0 Å². The van der Waals surface area contributed by atoms with Crippen LogP contribution < -0.4 is 11.3 Å². The molecular formula is C13H22N4. The Bertz CT molecular complexity index is 327. The molecule has 1 saturated carbocycles. The molecule has 1 aromatic heterocycles. The van der Waals surface area contributed by atoms with Crippen molar-refractivity contribution in [3.63, 3.8) is 0 Å². The first-order valence-electron chi connectivity index (χ1n) is 6.58. The van der Waals surface area contributed by atoms with Crippen LogP contribution in [0.4, 0.5) is 0 Å². The Morgan fingerprint density at radius 3 is 2.94 bits per heavy atom. The normalized spacial score (nSPS) is 26.7. The number of nitrogens with one attached hydrogen (secondary N) is 1. The van der Waals surface area contributed by atoms with Crippen LogP contribution in [-0.4, -0.2) is 9.97 Å². The van der Waals surface area contributed by atoms with Crippen molar-refractivity contribution >= 4 is 0 Å². The van der Waals surface area contributed by atoms with Crippen LogP contribution in [0.5, 0.6) is 0 Å². The molecule has 2 rings (SSSR count). The van der Waals surface area contributed by atoms with E-state index < -0.39 is 0 Å². The summed E-state index contributed by atoms with van der Waals surface area (Å²) in [5, 5.41) is 0. The zero-order chi connectivity index (χ0) is 12.1. The maximum absolute atomic E-state index is 5.74. The van der Waals surface area contributed by atoms with Gasteiger partial charge in [-0.2, -0.15) is 0 Å². The molecular weight excluding hydrogens is 212 g/mol. The van der Waals surface area contributed by atoms with Crippen molar-refractivity contribution in [1.29, 1.82) is 0 Å². The van der Waals surface area contributed by atoms with E-state index in [-0.39, 0.29) is 6.04 Å². The molecule has 0 amide bonds. The molecule has 3 unspecified atom stereocenters. The van der Waals surface area contributed by atoms with E-state index in [9.17, 15) is 0 Å². The predicted octanol–water partition coefficient (Wildman–Crippen LogP) is 2.20. The summed E-state index contributed by atoms with van der Waals surface area (Å²) in [6, 6.07) is 2.13. The number of hydrogen-bond acceptors (Lipinski definition) is 4. The van der Waals surface area contributed by atoms with E-state index in [1.807, 2.05) is 6.07 Å². The van der Waals surface area contributed by atoms with Crippen molar-refractivity contribution in [1.82, 2.24) is 15.4 Å². The second-order valence-electron chi connectivity index (χ2n) is 4.90. The lowest BCUT2D eigenvalue weighted by atomic mass is 9.73. The summed E-state index contributed by atoms with van der Waals surface area (Å²) in [4.78, 5) is 8.31. The summed E-state index contributed by atoms with van der Waals surface area (Å²) in [5.74, 6) is 7.11. The van der Waals surface area contributed by atoms with Gasteiger partial charge in [-0.1, -0.05) is 32.6 Å². The van der Waals surface area contributed by atoms with Crippen LogP contribution in [0.2, 0.25) is 0 Å². The Morgan fingerprint density at radius 1 is 1.47 bits per heavy atom. The van der Waals surface area contributed by atoms with E-state index in [1.165, 1.54) is 32.1 Å². The molecule has 4 heteroatoms. The van der Waals surface area contributed by atoms with Crippen molar-refractivity contribution in [3.8, 4) is 0 Å². The molecule has 0 saturated heterocycles. The Balaban J connectivity index is 2.16. The summed E-state index contributed by atoms with van der Waals surface area (Å²) in [6.07, 6.45) is 9.86. The minimum atomic E-state index is 0.170. The summed E-state index contributed by atoms with van der Waals surface area (Å²) in [7, 11) is 0. The Kier molecular flexibility index (Phi) is 4.45. The molecule has 1 aliphatic rings. The molecule has 0 radical (unpaired) electrons. The molecule has 1 aliphatic carbocycles. The number of hydrogen-bond donors (Lipinski definition) is 2. The molecule has 3 atom stereocenters. The first kappa shape index (κ1) is 12.5. The lowest BCUT2D eigenvalue weighted by Crippen LogP contribution is -2.38. The fourth-order valence-corrected chi connectivity index (χ4v) is 3.10. The third-order valence-corrected chi connectivity index (χ3v) is 4.02. The van der Waals surface area contributed by atoms with Crippen molar-refractivity contribution in [2.45, 2.75) is 45.1 Å². The van der Waals surface area contributed by atoms with E-state index in [0.717, 1.165) is 11.6 Å². The summed E-state index contributed by atoms with van der Waals surface area (Å²) >= 11 is 0. The van der Waals surface area contributed by atoms with Crippen LogP contribution >= 0.6 is 0 Å². The van der Waals surface area contributed by atoms with E-state index in [4.69, 9.17) is 5.84 Å². The van der Waals surface area contributed by atoms with E-state index in [1.54, 1.807) is 12.5 Å². The number of nitrogens with two attached hydrogens (primary N) is 1.